The molecule has 2 rings (SSSR count). The van der Waals surface area contributed by atoms with Crippen LogP contribution in [-0.4, -0.2) is 18.2 Å². The number of aryl methyl sites for hydroxylation is 2. The highest BCUT2D eigenvalue weighted by molar-refractivity contribution is 5.53. The zero-order valence-electron chi connectivity index (χ0n) is 12.3. The van der Waals surface area contributed by atoms with Crippen molar-refractivity contribution in [1.82, 2.24) is 0 Å². The number of hydrogen-bond donors (Lipinski definition) is 1. The predicted molar refractivity (Wildman–Crippen MR) is 85.5 cm³/mol. The standard InChI is InChI=1S/C18H23NO/c1-3-19(4-2)18-8-6-5-7-16(18)12-9-15-10-13-17(20)14-11-15/h5-8,10-11,13-14,20H,3-4,9,12H2,1-2H3. The first-order chi connectivity index (χ1) is 9.74. The van der Waals surface area contributed by atoms with Gasteiger partial charge in [-0.05, 0) is 56.0 Å². The highest BCUT2D eigenvalue weighted by Crippen LogP contribution is 2.22. The molecule has 2 aromatic rings. The van der Waals surface area contributed by atoms with Gasteiger partial charge in [0, 0.05) is 18.8 Å². The third kappa shape index (κ3) is 3.53. The summed E-state index contributed by atoms with van der Waals surface area (Å²) < 4.78 is 0. The molecule has 20 heavy (non-hydrogen) atoms. The number of phenolic OH excluding ortho intramolecular Hbond substituents is 1. The molecular weight excluding hydrogens is 246 g/mol. The quantitative estimate of drug-likeness (QED) is 0.856. The number of phenols is 1. The molecule has 106 valence electrons. The van der Waals surface area contributed by atoms with Gasteiger partial charge in [-0.1, -0.05) is 30.3 Å². The Balaban J connectivity index is 2.11. The number of aromatic hydroxyl groups is 1. The highest BCUT2D eigenvalue weighted by Gasteiger charge is 2.07. The lowest BCUT2D eigenvalue weighted by molar-refractivity contribution is 0.475. The van der Waals surface area contributed by atoms with E-state index < -0.39 is 0 Å². The van der Waals surface area contributed by atoms with E-state index in [1.54, 1.807) is 12.1 Å². The Morgan fingerprint density at radius 1 is 0.850 bits per heavy atom. The summed E-state index contributed by atoms with van der Waals surface area (Å²) >= 11 is 0. The van der Waals surface area contributed by atoms with E-state index in [0.29, 0.717) is 5.75 Å². The molecule has 0 atom stereocenters. The van der Waals surface area contributed by atoms with Crippen LogP contribution in [0.1, 0.15) is 25.0 Å². The van der Waals surface area contributed by atoms with Crippen LogP contribution in [0.2, 0.25) is 0 Å². The first kappa shape index (κ1) is 14.4. The van der Waals surface area contributed by atoms with E-state index in [-0.39, 0.29) is 0 Å². The van der Waals surface area contributed by atoms with Gasteiger partial charge >= 0.3 is 0 Å². The van der Waals surface area contributed by atoms with E-state index >= 15 is 0 Å². The zero-order chi connectivity index (χ0) is 14.4. The zero-order valence-corrected chi connectivity index (χ0v) is 12.3. The van der Waals surface area contributed by atoms with Crippen molar-refractivity contribution in [1.29, 1.82) is 0 Å². The van der Waals surface area contributed by atoms with Gasteiger partial charge in [0.2, 0.25) is 0 Å². The minimum absolute atomic E-state index is 0.331. The number of para-hydroxylation sites is 1. The van der Waals surface area contributed by atoms with E-state index in [1.807, 2.05) is 12.1 Å². The summed E-state index contributed by atoms with van der Waals surface area (Å²) in [6, 6.07) is 16.1. The van der Waals surface area contributed by atoms with E-state index in [4.69, 9.17) is 0 Å². The van der Waals surface area contributed by atoms with Gasteiger partial charge in [-0.25, -0.2) is 0 Å². The number of nitrogens with zero attached hydrogens (tertiary/aromatic N) is 1. The number of anilines is 1. The fourth-order valence-electron chi connectivity index (χ4n) is 2.54. The molecule has 0 aliphatic rings. The number of hydrogen-bond acceptors (Lipinski definition) is 2. The van der Waals surface area contributed by atoms with Gasteiger partial charge in [0.1, 0.15) is 5.75 Å². The van der Waals surface area contributed by atoms with Crippen molar-refractivity contribution >= 4 is 5.69 Å². The van der Waals surface area contributed by atoms with Crippen LogP contribution in [0, 0.1) is 0 Å². The summed E-state index contributed by atoms with van der Waals surface area (Å²) in [5.41, 5.74) is 4.00. The Morgan fingerprint density at radius 2 is 1.50 bits per heavy atom. The number of benzene rings is 2. The van der Waals surface area contributed by atoms with Crippen molar-refractivity contribution in [2.45, 2.75) is 26.7 Å². The summed E-state index contributed by atoms with van der Waals surface area (Å²) in [7, 11) is 0. The lowest BCUT2D eigenvalue weighted by atomic mass is 10.0. The molecule has 0 fully saturated rings. The molecule has 0 spiro atoms. The van der Waals surface area contributed by atoms with Crippen molar-refractivity contribution in [3.8, 4) is 5.75 Å². The largest absolute Gasteiger partial charge is 0.508 e. The Kier molecular flexibility index (Phi) is 5.05. The first-order valence-corrected chi connectivity index (χ1v) is 7.35. The molecule has 0 saturated carbocycles. The average molecular weight is 269 g/mol. The van der Waals surface area contributed by atoms with Crippen LogP contribution in [0.5, 0.6) is 5.75 Å². The average Bonchev–Trinajstić information content (AvgIpc) is 2.49. The second-order valence-corrected chi connectivity index (χ2v) is 4.97. The Labute approximate surface area is 121 Å². The smallest absolute Gasteiger partial charge is 0.115 e. The molecule has 0 amide bonds. The normalized spacial score (nSPS) is 10.5. The summed E-state index contributed by atoms with van der Waals surface area (Å²) in [5, 5.41) is 9.32. The third-order valence-electron chi connectivity index (χ3n) is 3.72. The minimum atomic E-state index is 0.331. The maximum Gasteiger partial charge on any atom is 0.115 e. The molecule has 0 heterocycles. The van der Waals surface area contributed by atoms with Gasteiger partial charge in [-0.15, -0.1) is 0 Å². The fourth-order valence-corrected chi connectivity index (χ4v) is 2.54. The maximum absolute atomic E-state index is 9.32. The second kappa shape index (κ2) is 6.99. The lowest BCUT2D eigenvalue weighted by Gasteiger charge is -2.24. The molecule has 0 saturated heterocycles. The fraction of sp³-hybridized carbons (Fsp3) is 0.333. The van der Waals surface area contributed by atoms with Gasteiger partial charge in [0.25, 0.3) is 0 Å². The monoisotopic (exact) mass is 269 g/mol. The van der Waals surface area contributed by atoms with Crippen molar-refractivity contribution in [2.24, 2.45) is 0 Å². The Hall–Kier alpha value is -1.96. The van der Waals surface area contributed by atoms with Gasteiger partial charge in [-0.3, -0.25) is 0 Å². The third-order valence-corrected chi connectivity index (χ3v) is 3.72. The van der Waals surface area contributed by atoms with Crippen LogP contribution < -0.4 is 4.90 Å². The molecular formula is C18H23NO. The molecule has 0 aromatic heterocycles. The van der Waals surface area contributed by atoms with Crippen LogP contribution in [0.15, 0.2) is 48.5 Å². The lowest BCUT2D eigenvalue weighted by Crippen LogP contribution is -2.23. The first-order valence-electron chi connectivity index (χ1n) is 7.35. The van der Waals surface area contributed by atoms with Crippen LogP contribution in [0.3, 0.4) is 0 Å². The predicted octanol–water partition coefficient (Wildman–Crippen LogP) is 4.02. The molecule has 2 aromatic carbocycles. The summed E-state index contributed by atoms with van der Waals surface area (Å²) in [6.45, 7) is 6.46. The van der Waals surface area contributed by atoms with Crippen LogP contribution in [0.25, 0.3) is 0 Å². The molecule has 0 radical (unpaired) electrons. The number of rotatable bonds is 6. The Bertz CT molecular complexity index is 529. The highest BCUT2D eigenvalue weighted by atomic mass is 16.3. The van der Waals surface area contributed by atoms with Gasteiger partial charge in [0.15, 0.2) is 0 Å². The van der Waals surface area contributed by atoms with Crippen molar-refractivity contribution in [2.75, 3.05) is 18.0 Å². The molecule has 0 aliphatic carbocycles. The van der Waals surface area contributed by atoms with Crippen molar-refractivity contribution in [3.63, 3.8) is 0 Å². The maximum atomic E-state index is 9.32. The van der Waals surface area contributed by atoms with E-state index in [2.05, 4.69) is 43.0 Å². The van der Waals surface area contributed by atoms with Crippen LogP contribution >= 0.6 is 0 Å². The minimum Gasteiger partial charge on any atom is -0.508 e. The summed E-state index contributed by atoms with van der Waals surface area (Å²) in [6.07, 6.45) is 2.02. The second-order valence-electron chi connectivity index (χ2n) is 4.97. The van der Waals surface area contributed by atoms with E-state index in [9.17, 15) is 5.11 Å². The van der Waals surface area contributed by atoms with Crippen LogP contribution in [-0.2, 0) is 12.8 Å². The topological polar surface area (TPSA) is 23.5 Å². The Morgan fingerprint density at radius 3 is 2.15 bits per heavy atom. The summed E-state index contributed by atoms with van der Waals surface area (Å²) in [4.78, 5) is 2.39. The van der Waals surface area contributed by atoms with Gasteiger partial charge in [0.05, 0.1) is 0 Å². The van der Waals surface area contributed by atoms with E-state index in [0.717, 1.165) is 25.9 Å². The molecule has 2 heteroatoms. The van der Waals surface area contributed by atoms with Crippen LogP contribution in [0.4, 0.5) is 5.69 Å². The molecule has 0 unspecified atom stereocenters. The molecule has 1 N–H and O–H groups in total. The van der Waals surface area contributed by atoms with Gasteiger partial charge in [-0.2, -0.15) is 0 Å². The van der Waals surface area contributed by atoms with Crippen molar-refractivity contribution < 1.29 is 5.11 Å². The van der Waals surface area contributed by atoms with E-state index in [1.165, 1.54) is 16.8 Å². The molecule has 0 aliphatic heterocycles. The van der Waals surface area contributed by atoms with Crippen molar-refractivity contribution in [3.05, 3.63) is 59.7 Å². The SMILES string of the molecule is CCN(CC)c1ccccc1CCc1ccc(O)cc1. The summed E-state index contributed by atoms with van der Waals surface area (Å²) in [5.74, 6) is 0.331. The van der Waals surface area contributed by atoms with Gasteiger partial charge < -0.3 is 10.0 Å². The molecule has 0 bridgehead atoms. The molecule has 2 nitrogen and oxygen atoms in total.